The summed E-state index contributed by atoms with van der Waals surface area (Å²) in [6, 6.07) is 5.44. The SMILES string of the molecule is OCCN(CCO)Cc1cccc2c1C=CS2(O)O. The van der Waals surface area contributed by atoms with Crippen LogP contribution >= 0.6 is 10.6 Å². The molecule has 1 aromatic rings. The molecule has 5 nitrogen and oxygen atoms in total. The van der Waals surface area contributed by atoms with Crippen molar-refractivity contribution in [3.8, 4) is 0 Å². The predicted molar refractivity (Wildman–Crippen MR) is 76.0 cm³/mol. The molecule has 0 radical (unpaired) electrons. The highest BCUT2D eigenvalue weighted by atomic mass is 32.3. The molecule has 1 aromatic carbocycles. The van der Waals surface area contributed by atoms with Gasteiger partial charge in [-0.3, -0.25) is 14.0 Å². The van der Waals surface area contributed by atoms with E-state index in [0.29, 0.717) is 24.5 Å². The second-order valence-electron chi connectivity index (χ2n) is 4.45. The van der Waals surface area contributed by atoms with E-state index in [1.54, 1.807) is 18.2 Å². The molecule has 6 heteroatoms. The van der Waals surface area contributed by atoms with Crippen LogP contribution in [0, 0.1) is 0 Å². The van der Waals surface area contributed by atoms with Gasteiger partial charge in [0.25, 0.3) is 0 Å². The monoisotopic (exact) mass is 285 g/mol. The zero-order chi connectivity index (χ0) is 13.9. The topological polar surface area (TPSA) is 84.2 Å². The summed E-state index contributed by atoms with van der Waals surface area (Å²) in [4.78, 5) is 2.48. The van der Waals surface area contributed by atoms with E-state index in [0.717, 1.165) is 11.1 Å². The van der Waals surface area contributed by atoms with Crippen molar-refractivity contribution < 1.29 is 19.3 Å². The molecule has 0 bridgehead atoms. The minimum atomic E-state index is -2.79. The van der Waals surface area contributed by atoms with Gasteiger partial charge in [-0.2, -0.15) is 0 Å². The van der Waals surface area contributed by atoms with Crippen LogP contribution in [-0.2, 0) is 6.54 Å². The Balaban J connectivity index is 2.22. The minimum absolute atomic E-state index is 0.0278. The Bertz CT molecular complexity index is 470. The van der Waals surface area contributed by atoms with Crippen molar-refractivity contribution in [3.63, 3.8) is 0 Å². The van der Waals surface area contributed by atoms with Gasteiger partial charge in [0.1, 0.15) is 0 Å². The third-order valence-electron chi connectivity index (χ3n) is 3.13. The zero-order valence-electron chi connectivity index (χ0n) is 10.6. The molecule has 0 saturated heterocycles. The fraction of sp³-hybridized carbons (Fsp3) is 0.385. The smallest absolute Gasteiger partial charge is 0.0706 e. The Kier molecular flexibility index (Phi) is 4.62. The second kappa shape index (κ2) is 6.04. The van der Waals surface area contributed by atoms with Gasteiger partial charge in [0.05, 0.1) is 18.1 Å². The van der Waals surface area contributed by atoms with Crippen LogP contribution in [0.25, 0.3) is 6.08 Å². The first-order valence-corrected chi connectivity index (χ1v) is 7.72. The van der Waals surface area contributed by atoms with Crippen LogP contribution in [0.15, 0.2) is 28.5 Å². The Morgan fingerprint density at radius 3 is 2.37 bits per heavy atom. The zero-order valence-corrected chi connectivity index (χ0v) is 11.4. The Labute approximate surface area is 114 Å². The van der Waals surface area contributed by atoms with Crippen molar-refractivity contribution in [1.29, 1.82) is 0 Å². The summed E-state index contributed by atoms with van der Waals surface area (Å²) in [6.45, 7) is 1.57. The van der Waals surface area contributed by atoms with Gasteiger partial charge in [-0.1, -0.05) is 12.1 Å². The lowest BCUT2D eigenvalue weighted by Gasteiger charge is -2.26. The van der Waals surface area contributed by atoms with Crippen LogP contribution in [0.3, 0.4) is 0 Å². The van der Waals surface area contributed by atoms with E-state index in [1.807, 2.05) is 11.0 Å². The number of rotatable bonds is 6. The molecule has 0 unspecified atom stereocenters. The van der Waals surface area contributed by atoms with Gasteiger partial charge in [0, 0.05) is 30.6 Å². The van der Waals surface area contributed by atoms with Crippen LogP contribution in [0.5, 0.6) is 0 Å². The molecule has 1 heterocycles. The minimum Gasteiger partial charge on any atom is -0.395 e. The number of hydrogen-bond donors (Lipinski definition) is 4. The van der Waals surface area contributed by atoms with E-state index >= 15 is 0 Å². The number of aliphatic hydroxyl groups excluding tert-OH is 2. The van der Waals surface area contributed by atoms with E-state index < -0.39 is 10.6 Å². The molecule has 4 N–H and O–H groups in total. The summed E-state index contributed by atoms with van der Waals surface area (Å²) in [7, 11) is -2.79. The Morgan fingerprint density at radius 2 is 1.74 bits per heavy atom. The summed E-state index contributed by atoms with van der Waals surface area (Å²) < 4.78 is 19.7. The first-order valence-electron chi connectivity index (χ1n) is 6.11. The highest BCUT2D eigenvalue weighted by Gasteiger charge is 2.23. The highest BCUT2D eigenvalue weighted by Crippen LogP contribution is 2.56. The predicted octanol–water partition coefficient (Wildman–Crippen LogP) is 1.57. The average molecular weight is 285 g/mol. The van der Waals surface area contributed by atoms with Crippen molar-refractivity contribution in [2.24, 2.45) is 0 Å². The van der Waals surface area contributed by atoms with E-state index in [4.69, 9.17) is 10.2 Å². The summed E-state index contributed by atoms with van der Waals surface area (Å²) >= 11 is 0. The molecule has 0 fully saturated rings. The lowest BCUT2D eigenvalue weighted by molar-refractivity contribution is 0.156. The molecule has 0 amide bonds. The van der Waals surface area contributed by atoms with Gasteiger partial charge >= 0.3 is 0 Å². The fourth-order valence-corrected chi connectivity index (χ4v) is 3.48. The molecular weight excluding hydrogens is 266 g/mol. The van der Waals surface area contributed by atoms with Gasteiger partial charge in [-0.15, -0.1) is 10.6 Å². The maximum Gasteiger partial charge on any atom is 0.0706 e. The van der Waals surface area contributed by atoms with E-state index in [-0.39, 0.29) is 13.2 Å². The van der Waals surface area contributed by atoms with Crippen LogP contribution in [0.4, 0.5) is 0 Å². The average Bonchev–Trinajstić information content (AvgIpc) is 2.67. The van der Waals surface area contributed by atoms with Crippen LogP contribution in [0.2, 0.25) is 0 Å². The van der Waals surface area contributed by atoms with Crippen molar-refractivity contribution in [2.75, 3.05) is 26.3 Å². The maximum absolute atomic E-state index is 9.87. The Hall–Kier alpha value is -0.890. The molecule has 19 heavy (non-hydrogen) atoms. The van der Waals surface area contributed by atoms with Crippen molar-refractivity contribution >= 4 is 16.7 Å². The van der Waals surface area contributed by atoms with E-state index in [2.05, 4.69) is 0 Å². The van der Waals surface area contributed by atoms with E-state index in [1.165, 1.54) is 5.41 Å². The summed E-state index contributed by atoms with van der Waals surface area (Å²) in [5.41, 5.74) is 1.80. The molecule has 0 aromatic heterocycles. The first-order chi connectivity index (χ1) is 9.08. The number of aliphatic hydroxyl groups is 2. The number of nitrogens with zero attached hydrogens (tertiary/aromatic N) is 1. The van der Waals surface area contributed by atoms with Gasteiger partial charge < -0.3 is 10.2 Å². The third-order valence-corrected chi connectivity index (χ3v) is 4.65. The molecular formula is C13H19NO4S. The third kappa shape index (κ3) is 3.17. The maximum atomic E-state index is 9.87. The fourth-order valence-electron chi connectivity index (χ4n) is 2.21. The van der Waals surface area contributed by atoms with Crippen LogP contribution in [0.1, 0.15) is 11.1 Å². The largest absolute Gasteiger partial charge is 0.395 e. The number of hydrogen-bond acceptors (Lipinski definition) is 5. The highest BCUT2D eigenvalue weighted by molar-refractivity contribution is 8.27. The first kappa shape index (κ1) is 14.5. The Morgan fingerprint density at radius 1 is 1.05 bits per heavy atom. The van der Waals surface area contributed by atoms with Crippen LogP contribution < -0.4 is 0 Å². The quantitative estimate of drug-likeness (QED) is 0.637. The van der Waals surface area contributed by atoms with Gasteiger partial charge in [0.2, 0.25) is 0 Å². The molecule has 1 aliphatic heterocycles. The molecule has 2 rings (SSSR count). The lowest BCUT2D eigenvalue weighted by Crippen LogP contribution is -2.29. The number of benzene rings is 1. The molecule has 1 aliphatic rings. The van der Waals surface area contributed by atoms with Gasteiger partial charge in [-0.25, -0.2) is 0 Å². The molecule has 0 spiro atoms. The number of fused-ring (bicyclic) bond motifs is 1. The molecule has 0 atom stereocenters. The van der Waals surface area contributed by atoms with Gasteiger partial charge in [0.15, 0.2) is 0 Å². The van der Waals surface area contributed by atoms with Crippen molar-refractivity contribution in [2.45, 2.75) is 11.4 Å². The molecule has 106 valence electrons. The van der Waals surface area contributed by atoms with Crippen LogP contribution in [-0.4, -0.2) is 50.5 Å². The molecule has 0 saturated carbocycles. The molecule has 0 aliphatic carbocycles. The van der Waals surface area contributed by atoms with Crippen molar-refractivity contribution in [3.05, 3.63) is 34.7 Å². The summed E-state index contributed by atoms with van der Waals surface area (Å²) in [5, 5.41) is 19.4. The summed E-state index contributed by atoms with van der Waals surface area (Å²) in [5.74, 6) is 0. The van der Waals surface area contributed by atoms with Gasteiger partial charge in [-0.05, 0) is 17.7 Å². The second-order valence-corrected chi connectivity index (χ2v) is 6.35. The normalized spacial score (nSPS) is 17.7. The lowest BCUT2D eigenvalue weighted by atomic mass is 10.1. The van der Waals surface area contributed by atoms with E-state index in [9.17, 15) is 9.11 Å². The standard InChI is InChI=1S/C13H19NO4S/c15-7-5-14(6-8-16)10-11-2-1-3-13-12(11)4-9-19(13,17)18/h1-4,9,15-18H,5-8,10H2. The summed E-state index contributed by atoms with van der Waals surface area (Å²) in [6.07, 6.45) is 1.73. The van der Waals surface area contributed by atoms with Crippen molar-refractivity contribution in [1.82, 2.24) is 4.90 Å².